The number of rotatable bonds is 3. The monoisotopic (exact) mass is 176 g/mol. The minimum atomic E-state index is -0.742. The molecule has 0 aliphatic rings. The highest BCUT2D eigenvalue weighted by atomic mass is 32.1. The summed E-state index contributed by atoms with van der Waals surface area (Å²) in [6, 6.07) is 0. The number of thiol groups is 1. The molecule has 0 aliphatic carbocycles. The van der Waals surface area contributed by atoms with Crippen molar-refractivity contribution < 1.29 is 14.3 Å². The van der Waals surface area contributed by atoms with Gasteiger partial charge >= 0.3 is 5.97 Å². The molecule has 0 aromatic rings. The van der Waals surface area contributed by atoms with E-state index in [1.807, 2.05) is 0 Å². The van der Waals surface area contributed by atoms with Crippen LogP contribution in [0.25, 0.3) is 0 Å². The fourth-order valence-electron chi connectivity index (χ4n) is 0.361. The summed E-state index contributed by atoms with van der Waals surface area (Å²) in [5.74, 6) is -0.579. The molecule has 4 heteroatoms. The van der Waals surface area contributed by atoms with Gasteiger partial charge in [-0.25, -0.2) is 0 Å². The number of hydrogen-bond acceptors (Lipinski definition) is 3. The third kappa shape index (κ3) is 4.03. The van der Waals surface area contributed by atoms with Gasteiger partial charge in [-0.05, 0) is 6.92 Å². The molecule has 0 N–H and O–H groups in total. The molecule has 0 rings (SSSR count). The number of hydrogen-bond donors (Lipinski definition) is 1. The van der Waals surface area contributed by atoms with E-state index in [-0.39, 0.29) is 11.9 Å². The lowest BCUT2D eigenvalue weighted by molar-refractivity contribution is -0.154. The molecule has 0 heterocycles. The molecule has 3 nitrogen and oxygen atoms in total. The molecule has 0 saturated carbocycles. The first-order valence-electron chi connectivity index (χ1n) is 3.38. The third-order valence-corrected chi connectivity index (χ3v) is 1.48. The maximum atomic E-state index is 10.8. The molecular weight excluding hydrogens is 164 g/mol. The van der Waals surface area contributed by atoms with Crippen LogP contribution in [-0.2, 0) is 14.3 Å². The van der Waals surface area contributed by atoms with Gasteiger partial charge in [-0.15, -0.1) is 12.6 Å². The largest absolute Gasteiger partial charge is 0.453 e. The Labute approximate surface area is 71.5 Å². The van der Waals surface area contributed by atoms with Gasteiger partial charge in [0.1, 0.15) is 0 Å². The van der Waals surface area contributed by atoms with Gasteiger partial charge in [0, 0.05) is 0 Å². The lowest BCUT2D eigenvalue weighted by Gasteiger charge is -2.10. The average molecular weight is 176 g/mol. The summed E-state index contributed by atoms with van der Waals surface area (Å²) in [7, 11) is 0. The van der Waals surface area contributed by atoms with Crippen LogP contribution in [0.1, 0.15) is 20.8 Å². The second-order valence-corrected chi connectivity index (χ2v) is 3.01. The van der Waals surface area contributed by atoms with Gasteiger partial charge < -0.3 is 4.74 Å². The summed E-state index contributed by atoms with van der Waals surface area (Å²) >= 11 is 3.52. The van der Waals surface area contributed by atoms with Gasteiger partial charge in [0.25, 0.3) is 0 Å². The minimum absolute atomic E-state index is 0.204. The van der Waals surface area contributed by atoms with Crippen LogP contribution in [0.4, 0.5) is 0 Å². The molecule has 0 aromatic heterocycles. The summed E-state index contributed by atoms with van der Waals surface area (Å²) in [5.41, 5.74) is 0. The summed E-state index contributed by atoms with van der Waals surface area (Å²) < 4.78 is 4.71. The van der Waals surface area contributed by atoms with Crippen LogP contribution in [0.5, 0.6) is 0 Å². The fourth-order valence-corrected chi connectivity index (χ4v) is 0.413. The second kappa shape index (κ2) is 4.38. The molecule has 11 heavy (non-hydrogen) atoms. The number of carbonyl (C=O) groups is 2. The van der Waals surface area contributed by atoms with E-state index in [1.54, 1.807) is 13.8 Å². The Kier molecular flexibility index (Phi) is 4.18. The molecule has 1 unspecified atom stereocenters. The zero-order chi connectivity index (χ0) is 9.02. The van der Waals surface area contributed by atoms with Crippen molar-refractivity contribution in [3.63, 3.8) is 0 Å². The van der Waals surface area contributed by atoms with E-state index in [1.165, 1.54) is 6.92 Å². The maximum absolute atomic E-state index is 10.8. The van der Waals surface area contributed by atoms with Gasteiger partial charge in [0.2, 0.25) is 5.12 Å². The first kappa shape index (κ1) is 10.5. The predicted octanol–water partition coefficient (Wildman–Crippen LogP) is 1.03. The van der Waals surface area contributed by atoms with Crippen molar-refractivity contribution in [1.82, 2.24) is 0 Å². The highest BCUT2D eigenvalue weighted by Gasteiger charge is 2.16. The second-order valence-electron chi connectivity index (χ2n) is 2.57. The van der Waals surface area contributed by atoms with Crippen LogP contribution in [0.15, 0.2) is 0 Å². The van der Waals surface area contributed by atoms with E-state index in [2.05, 4.69) is 12.6 Å². The molecule has 0 saturated heterocycles. The van der Waals surface area contributed by atoms with Gasteiger partial charge in [-0.3, -0.25) is 9.59 Å². The molecule has 0 bridgehead atoms. The standard InChI is InChI=1S/C7H12O3S/c1-4(2)6(8)10-5(3)7(9)11/h4-5H,1-3H3,(H,9,11). The Bertz CT molecular complexity index is 165. The van der Waals surface area contributed by atoms with Crippen LogP contribution >= 0.6 is 12.6 Å². The Balaban J connectivity index is 3.85. The van der Waals surface area contributed by atoms with Crippen molar-refractivity contribution >= 4 is 23.7 Å². The smallest absolute Gasteiger partial charge is 0.309 e. The predicted molar refractivity (Wildman–Crippen MR) is 44.4 cm³/mol. The van der Waals surface area contributed by atoms with Crippen molar-refractivity contribution in [1.29, 1.82) is 0 Å². The molecule has 64 valence electrons. The van der Waals surface area contributed by atoms with E-state index in [9.17, 15) is 9.59 Å². The van der Waals surface area contributed by atoms with E-state index in [4.69, 9.17) is 4.74 Å². The van der Waals surface area contributed by atoms with Crippen LogP contribution < -0.4 is 0 Å². The fraction of sp³-hybridized carbons (Fsp3) is 0.714. The first-order chi connectivity index (χ1) is 4.95. The Morgan fingerprint density at radius 1 is 1.27 bits per heavy atom. The molecule has 1 atom stereocenters. The van der Waals surface area contributed by atoms with Gasteiger partial charge in [0.05, 0.1) is 5.92 Å². The van der Waals surface area contributed by atoms with Crippen LogP contribution in [0.2, 0.25) is 0 Å². The molecule has 0 radical (unpaired) electrons. The van der Waals surface area contributed by atoms with Crippen molar-refractivity contribution in [3.05, 3.63) is 0 Å². The highest BCUT2D eigenvalue weighted by molar-refractivity contribution is 7.96. The molecule has 0 spiro atoms. The lowest BCUT2D eigenvalue weighted by atomic mass is 10.2. The molecule has 0 fully saturated rings. The van der Waals surface area contributed by atoms with Gasteiger partial charge in [0.15, 0.2) is 6.10 Å². The van der Waals surface area contributed by atoms with Gasteiger partial charge in [-0.2, -0.15) is 0 Å². The number of ether oxygens (including phenoxy) is 1. The Morgan fingerprint density at radius 2 is 1.73 bits per heavy atom. The minimum Gasteiger partial charge on any atom is -0.453 e. The third-order valence-electron chi connectivity index (χ3n) is 1.11. The summed E-state index contributed by atoms with van der Waals surface area (Å²) in [6.07, 6.45) is -0.742. The van der Waals surface area contributed by atoms with Gasteiger partial charge in [-0.1, -0.05) is 13.8 Å². The van der Waals surface area contributed by atoms with Crippen molar-refractivity contribution in [3.8, 4) is 0 Å². The summed E-state index contributed by atoms with van der Waals surface area (Å²) in [4.78, 5) is 21.3. The molecular formula is C7H12O3S. The topological polar surface area (TPSA) is 43.4 Å². The van der Waals surface area contributed by atoms with E-state index >= 15 is 0 Å². The quantitative estimate of drug-likeness (QED) is 0.516. The zero-order valence-electron chi connectivity index (χ0n) is 6.83. The summed E-state index contributed by atoms with van der Waals surface area (Å²) in [5, 5.41) is -0.431. The van der Waals surface area contributed by atoms with Crippen molar-refractivity contribution in [2.45, 2.75) is 26.9 Å². The van der Waals surface area contributed by atoms with Crippen LogP contribution in [0.3, 0.4) is 0 Å². The first-order valence-corrected chi connectivity index (χ1v) is 3.83. The normalized spacial score (nSPS) is 12.8. The van der Waals surface area contributed by atoms with Crippen molar-refractivity contribution in [2.24, 2.45) is 5.92 Å². The Morgan fingerprint density at radius 3 is 2.00 bits per heavy atom. The molecule has 0 aromatic carbocycles. The maximum Gasteiger partial charge on any atom is 0.309 e. The summed E-state index contributed by atoms with van der Waals surface area (Å²) in [6.45, 7) is 4.91. The highest BCUT2D eigenvalue weighted by Crippen LogP contribution is 2.02. The zero-order valence-corrected chi connectivity index (χ0v) is 7.72. The van der Waals surface area contributed by atoms with E-state index in [0.717, 1.165) is 0 Å². The number of esters is 1. The molecule has 0 aliphatic heterocycles. The average Bonchev–Trinajstić information content (AvgIpc) is 1.87. The van der Waals surface area contributed by atoms with Crippen molar-refractivity contribution in [2.75, 3.05) is 0 Å². The van der Waals surface area contributed by atoms with E-state index < -0.39 is 11.2 Å². The lowest BCUT2D eigenvalue weighted by Crippen LogP contribution is -2.23. The number of carbonyl (C=O) groups excluding carboxylic acids is 2. The van der Waals surface area contributed by atoms with Crippen LogP contribution in [0, 0.1) is 5.92 Å². The van der Waals surface area contributed by atoms with E-state index in [0.29, 0.717) is 0 Å². The molecule has 0 amide bonds. The van der Waals surface area contributed by atoms with Crippen LogP contribution in [-0.4, -0.2) is 17.2 Å². The Hall–Kier alpha value is -0.510. The SMILES string of the molecule is CC(C)C(=O)OC(C)C(=O)S.